The van der Waals surface area contributed by atoms with Gasteiger partial charge < -0.3 is 10.2 Å². The third-order valence-electron chi connectivity index (χ3n) is 2.62. The molecule has 0 bridgehead atoms. The van der Waals surface area contributed by atoms with Crippen LogP contribution in [0.1, 0.15) is 12.8 Å². The van der Waals surface area contributed by atoms with Gasteiger partial charge >= 0.3 is 6.18 Å². The lowest BCUT2D eigenvalue weighted by atomic mass is 10.4. The zero-order valence-electron chi connectivity index (χ0n) is 9.63. The summed E-state index contributed by atoms with van der Waals surface area (Å²) in [6.45, 7) is -0.990. The van der Waals surface area contributed by atoms with Gasteiger partial charge in [-0.15, -0.1) is 0 Å². The zero-order chi connectivity index (χ0) is 13.3. The molecule has 1 aromatic rings. The second kappa shape index (κ2) is 4.91. The Labute approximate surface area is 111 Å². The first-order valence-corrected chi connectivity index (χ1v) is 6.23. The van der Waals surface area contributed by atoms with Gasteiger partial charge in [0.05, 0.1) is 0 Å². The Bertz CT molecular complexity index is 434. The van der Waals surface area contributed by atoms with Crippen LogP contribution in [0, 0.1) is 0 Å². The molecule has 2 rings (SSSR count). The van der Waals surface area contributed by atoms with Gasteiger partial charge in [-0.05, 0) is 28.8 Å². The molecule has 1 saturated carbocycles. The van der Waals surface area contributed by atoms with E-state index in [1.165, 1.54) is 11.2 Å². The van der Waals surface area contributed by atoms with Crippen LogP contribution in [0.4, 0.5) is 24.8 Å². The van der Waals surface area contributed by atoms with Crippen molar-refractivity contribution in [2.75, 3.05) is 23.8 Å². The lowest BCUT2D eigenvalue weighted by molar-refractivity contribution is -0.120. The molecule has 0 unspecified atom stereocenters. The number of halogens is 4. The van der Waals surface area contributed by atoms with E-state index in [0.717, 1.165) is 12.8 Å². The Morgan fingerprint density at radius 3 is 2.61 bits per heavy atom. The molecule has 0 atom stereocenters. The van der Waals surface area contributed by atoms with Crippen LogP contribution in [0.2, 0.25) is 0 Å². The third-order valence-corrected chi connectivity index (χ3v) is 3.35. The summed E-state index contributed by atoms with van der Waals surface area (Å²) in [5.74, 6) is 0.766. The number of anilines is 2. The van der Waals surface area contributed by atoms with E-state index in [2.05, 4.69) is 31.2 Å². The minimum Gasteiger partial charge on any atom is -0.372 e. The van der Waals surface area contributed by atoms with E-state index in [9.17, 15) is 13.2 Å². The molecule has 1 aromatic heterocycles. The smallest absolute Gasteiger partial charge is 0.372 e. The van der Waals surface area contributed by atoms with E-state index in [0.29, 0.717) is 10.3 Å². The molecule has 1 aliphatic carbocycles. The Balaban J connectivity index is 2.31. The average molecular weight is 325 g/mol. The van der Waals surface area contributed by atoms with Crippen LogP contribution < -0.4 is 10.2 Å². The van der Waals surface area contributed by atoms with Crippen molar-refractivity contribution < 1.29 is 13.2 Å². The van der Waals surface area contributed by atoms with E-state index in [-0.39, 0.29) is 11.9 Å². The molecule has 0 aromatic carbocycles. The molecule has 0 saturated heterocycles. The van der Waals surface area contributed by atoms with Crippen LogP contribution in [0.25, 0.3) is 0 Å². The van der Waals surface area contributed by atoms with E-state index in [4.69, 9.17) is 0 Å². The van der Waals surface area contributed by atoms with Crippen LogP contribution in [-0.2, 0) is 0 Å². The topological polar surface area (TPSA) is 41.1 Å². The predicted molar refractivity (Wildman–Crippen MR) is 65.7 cm³/mol. The summed E-state index contributed by atoms with van der Waals surface area (Å²) in [5.41, 5.74) is 0. The van der Waals surface area contributed by atoms with Crippen molar-refractivity contribution in [3.05, 3.63) is 10.8 Å². The first-order valence-electron chi connectivity index (χ1n) is 5.44. The van der Waals surface area contributed by atoms with Gasteiger partial charge in [0, 0.05) is 13.1 Å². The number of hydrogen-bond donors (Lipinski definition) is 1. The van der Waals surface area contributed by atoms with Crippen LogP contribution in [0.5, 0.6) is 0 Å². The van der Waals surface area contributed by atoms with Gasteiger partial charge in [-0.2, -0.15) is 13.2 Å². The van der Waals surface area contributed by atoms with Gasteiger partial charge in [-0.3, -0.25) is 0 Å². The maximum atomic E-state index is 12.6. The van der Waals surface area contributed by atoms with Crippen molar-refractivity contribution in [2.24, 2.45) is 0 Å². The second-order valence-corrected chi connectivity index (χ2v) is 4.88. The number of hydrogen-bond acceptors (Lipinski definition) is 4. The Morgan fingerprint density at radius 1 is 1.44 bits per heavy atom. The highest BCUT2D eigenvalue weighted by molar-refractivity contribution is 9.10. The van der Waals surface area contributed by atoms with Crippen molar-refractivity contribution in [2.45, 2.75) is 25.1 Å². The SMILES string of the molecule is CNc1ncnc(N(CC(F)(F)F)C2CC2)c1Br. The van der Waals surface area contributed by atoms with E-state index in [1.54, 1.807) is 7.05 Å². The van der Waals surface area contributed by atoms with Crippen molar-refractivity contribution in [1.29, 1.82) is 0 Å². The molecule has 1 N–H and O–H groups in total. The summed E-state index contributed by atoms with van der Waals surface area (Å²) in [5, 5.41) is 2.81. The molecule has 1 heterocycles. The second-order valence-electron chi connectivity index (χ2n) is 4.08. The fourth-order valence-corrected chi connectivity index (χ4v) is 2.32. The van der Waals surface area contributed by atoms with Crippen LogP contribution >= 0.6 is 15.9 Å². The minimum atomic E-state index is -4.24. The van der Waals surface area contributed by atoms with Gasteiger partial charge in [0.25, 0.3) is 0 Å². The van der Waals surface area contributed by atoms with E-state index >= 15 is 0 Å². The average Bonchev–Trinajstić information content (AvgIpc) is 3.09. The Morgan fingerprint density at radius 2 is 2.11 bits per heavy atom. The number of aromatic nitrogens is 2. The fourth-order valence-electron chi connectivity index (χ4n) is 1.69. The molecule has 8 heteroatoms. The summed E-state index contributed by atoms with van der Waals surface area (Å²) in [6, 6.07) is -0.0810. The molecular weight excluding hydrogens is 313 g/mol. The summed E-state index contributed by atoms with van der Waals surface area (Å²) >= 11 is 3.25. The predicted octanol–water partition coefficient (Wildman–Crippen LogP) is 2.81. The Kier molecular flexibility index (Phi) is 3.65. The molecule has 0 spiro atoms. The number of alkyl halides is 3. The van der Waals surface area contributed by atoms with Gasteiger partial charge in [0.15, 0.2) is 0 Å². The Hall–Kier alpha value is -1.05. The zero-order valence-corrected chi connectivity index (χ0v) is 11.2. The fraction of sp³-hybridized carbons (Fsp3) is 0.600. The number of nitrogens with one attached hydrogen (secondary N) is 1. The molecule has 0 amide bonds. The highest BCUT2D eigenvalue weighted by Crippen LogP contribution is 2.38. The van der Waals surface area contributed by atoms with Crippen LogP contribution in [0.15, 0.2) is 10.8 Å². The quantitative estimate of drug-likeness (QED) is 0.924. The van der Waals surface area contributed by atoms with Crippen LogP contribution in [0.3, 0.4) is 0 Å². The highest BCUT2D eigenvalue weighted by atomic mass is 79.9. The minimum absolute atomic E-state index is 0.0810. The maximum Gasteiger partial charge on any atom is 0.405 e. The van der Waals surface area contributed by atoms with Crippen molar-refractivity contribution in [3.8, 4) is 0 Å². The summed E-state index contributed by atoms with van der Waals surface area (Å²) in [6.07, 6.45) is -1.45. The summed E-state index contributed by atoms with van der Waals surface area (Å²) < 4.78 is 38.2. The van der Waals surface area contributed by atoms with E-state index < -0.39 is 12.7 Å². The monoisotopic (exact) mass is 324 g/mol. The van der Waals surface area contributed by atoms with Crippen molar-refractivity contribution in [3.63, 3.8) is 0 Å². The number of nitrogens with zero attached hydrogens (tertiary/aromatic N) is 3. The van der Waals surface area contributed by atoms with Gasteiger partial charge in [-0.1, -0.05) is 0 Å². The first-order chi connectivity index (χ1) is 8.42. The van der Waals surface area contributed by atoms with Crippen molar-refractivity contribution in [1.82, 2.24) is 9.97 Å². The number of rotatable bonds is 4. The van der Waals surface area contributed by atoms with Gasteiger partial charge in [-0.25, -0.2) is 9.97 Å². The summed E-state index contributed by atoms with van der Waals surface area (Å²) in [7, 11) is 1.65. The molecule has 18 heavy (non-hydrogen) atoms. The normalized spacial score (nSPS) is 15.6. The van der Waals surface area contributed by atoms with Crippen LogP contribution in [-0.4, -0.2) is 35.8 Å². The lowest BCUT2D eigenvalue weighted by Gasteiger charge is -2.26. The van der Waals surface area contributed by atoms with Gasteiger partial charge in [0.1, 0.15) is 29.0 Å². The third kappa shape index (κ3) is 3.04. The van der Waals surface area contributed by atoms with Gasteiger partial charge in [0.2, 0.25) is 0 Å². The molecule has 1 aliphatic rings. The highest BCUT2D eigenvalue weighted by Gasteiger charge is 2.39. The van der Waals surface area contributed by atoms with Crippen molar-refractivity contribution >= 4 is 27.6 Å². The maximum absolute atomic E-state index is 12.6. The standard InChI is InChI=1S/C10H12BrF3N4/c1-15-8-7(11)9(17-5-16-8)18(6-2-3-6)4-10(12,13)14/h5-6H,2-4H2,1H3,(H,15,16,17). The molecule has 0 radical (unpaired) electrons. The lowest BCUT2D eigenvalue weighted by Crippen LogP contribution is -2.36. The molecule has 1 fully saturated rings. The molecule has 0 aliphatic heterocycles. The first kappa shape index (κ1) is 13.4. The summed E-state index contributed by atoms with van der Waals surface area (Å²) in [4.78, 5) is 9.18. The molecule has 4 nitrogen and oxygen atoms in total. The largest absolute Gasteiger partial charge is 0.405 e. The molecular formula is C10H12BrF3N4. The molecule has 100 valence electrons. The van der Waals surface area contributed by atoms with E-state index in [1.807, 2.05) is 0 Å².